The van der Waals surface area contributed by atoms with Crippen molar-refractivity contribution in [3.05, 3.63) is 71.5 Å². The van der Waals surface area contributed by atoms with Crippen molar-refractivity contribution in [1.29, 1.82) is 0 Å². The highest BCUT2D eigenvalue weighted by Gasteiger charge is 2.40. The number of hydrogen-bond acceptors (Lipinski definition) is 5. The number of carbonyl (C=O) groups excluding carboxylic acids is 1. The van der Waals surface area contributed by atoms with E-state index >= 15 is 0 Å². The average molecular weight is 426 g/mol. The molecule has 0 bridgehead atoms. The number of benzene rings is 2. The molecule has 0 fully saturated rings. The Bertz CT molecular complexity index is 1010. The van der Waals surface area contributed by atoms with Crippen molar-refractivity contribution in [3.63, 3.8) is 0 Å². The van der Waals surface area contributed by atoms with E-state index in [0.717, 1.165) is 23.3 Å². The molecule has 0 saturated heterocycles. The Hall–Kier alpha value is -3.04. The zero-order valence-corrected chi connectivity index (χ0v) is 15.6. The van der Waals surface area contributed by atoms with Crippen molar-refractivity contribution in [2.24, 2.45) is 5.73 Å². The Morgan fingerprint density at radius 3 is 2.45 bits per heavy atom. The first-order chi connectivity index (χ1) is 13.8. The van der Waals surface area contributed by atoms with Crippen molar-refractivity contribution in [2.75, 3.05) is 6.79 Å². The Morgan fingerprint density at radius 2 is 1.83 bits per heavy atom. The minimum atomic E-state index is -4.72. The number of nitrogens with zero attached hydrogens (tertiary/aromatic N) is 2. The van der Waals surface area contributed by atoms with E-state index in [2.05, 4.69) is 5.10 Å². The van der Waals surface area contributed by atoms with Gasteiger partial charge >= 0.3 is 6.18 Å². The lowest BCUT2D eigenvalue weighted by Gasteiger charge is -2.11. The molecule has 0 atom stereocenters. The van der Waals surface area contributed by atoms with Gasteiger partial charge in [0.25, 0.3) is 5.24 Å². The van der Waals surface area contributed by atoms with Gasteiger partial charge in [0.05, 0.1) is 17.4 Å². The molecule has 2 N–H and O–H groups in total. The number of alkyl halides is 3. The van der Waals surface area contributed by atoms with Gasteiger partial charge in [-0.1, -0.05) is 24.3 Å². The van der Waals surface area contributed by atoms with Crippen molar-refractivity contribution in [2.45, 2.75) is 12.7 Å². The molecule has 3 aromatic rings. The van der Waals surface area contributed by atoms with Crippen LogP contribution >= 0.6 is 11.6 Å². The van der Waals surface area contributed by atoms with Gasteiger partial charge in [0.1, 0.15) is 0 Å². The second kappa shape index (κ2) is 8.54. The second-order valence-electron chi connectivity index (χ2n) is 5.82. The molecule has 1 aliphatic rings. The average Bonchev–Trinajstić information content (AvgIpc) is 3.35. The number of rotatable bonds is 3. The van der Waals surface area contributed by atoms with E-state index in [1.807, 2.05) is 18.2 Å². The predicted octanol–water partition coefficient (Wildman–Crippen LogP) is 4.14. The van der Waals surface area contributed by atoms with Crippen LogP contribution in [0.1, 0.15) is 21.6 Å². The molecule has 4 rings (SSSR count). The zero-order valence-electron chi connectivity index (χ0n) is 14.8. The van der Waals surface area contributed by atoms with Crippen LogP contribution < -0.4 is 15.2 Å². The van der Waals surface area contributed by atoms with E-state index in [9.17, 15) is 18.0 Å². The normalized spacial score (nSPS) is 12.3. The SMILES string of the molecule is NCc1ccc2c(c1)OCO2.O=C(Cl)c1cnn(-c2ccccc2)c1C(F)(F)F. The molecule has 0 amide bonds. The molecule has 1 aromatic heterocycles. The number of halogens is 4. The van der Waals surface area contributed by atoms with E-state index in [1.54, 1.807) is 18.2 Å². The van der Waals surface area contributed by atoms with E-state index < -0.39 is 22.7 Å². The summed E-state index contributed by atoms with van der Waals surface area (Å²) in [7, 11) is 0. The Labute approximate surface area is 168 Å². The molecule has 0 aliphatic carbocycles. The maximum Gasteiger partial charge on any atom is 0.434 e. The molecule has 2 aromatic carbocycles. The summed E-state index contributed by atoms with van der Waals surface area (Å²) in [5, 5.41) is 2.38. The number of ether oxygens (including phenoxy) is 2. The minimum Gasteiger partial charge on any atom is -0.454 e. The molecule has 0 radical (unpaired) electrons. The largest absolute Gasteiger partial charge is 0.454 e. The molecule has 0 unspecified atom stereocenters. The molecular weight excluding hydrogens is 411 g/mol. The molecule has 0 saturated carbocycles. The van der Waals surface area contributed by atoms with E-state index in [-0.39, 0.29) is 5.69 Å². The monoisotopic (exact) mass is 425 g/mol. The molecule has 2 heterocycles. The van der Waals surface area contributed by atoms with Crippen LogP contribution in [0.3, 0.4) is 0 Å². The highest BCUT2D eigenvalue weighted by molar-refractivity contribution is 6.67. The lowest BCUT2D eigenvalue weighted by Crippen LogP contribution is -2.16. The summed E-state index contributed by atoms with van der Waals surface area (Å²) in [6, 6.07) is 13.4. The number of nitrogens with two attached hydrogens (primary N) is 1. The van der Waals surface area contributed by atoms with Crippen molar-refractivity contribution in [3.8, 4) is 17.2 Å². The Morgan fingerprint density at radius 1 is 1.14 bits per heavy atom. The first-order valence-electron chi connectivity index (χ1n) is 8.30. The van der Waals surface area contributed by atoms with Crippen molar-refractivity contribution in [1.82, 2.24) is 9.78 Å². The van der Waals surface area contributed by atoms with E-state index in [1.165, 1.54) is 12.1 Å². The summed E-state index contributed by atoms with van der Waals surface area (Å²) in [4.78, 5) is 11.0. The highest BCUT2D eigenvalue weighted by Crippen LogP contribution is 2.34. The molecule has 6 nitrogen and oxygen atoms in total. The summed E-state index contributed by atoms with van der Waals surface area (Å²) in [5.41, 5.74) is 4.88. The molecule has 152 valence electrons. The zero-order chi connectivity index (χ0) is 21.0. The standard InChI is InChI=1S/C11H6ClF3N2O.C8H9NO2/c12-10(18)8-6-16-17(9(8)11(13,14)15)7-4-2-1-3-5-7;9-4-6-1-2-7-8(3-6)11-5-10-7/h1-6H;1-3H,4-5,9H2. The molecule has 1 aliphatic heterocycles. The first-order valence-corrected chi connectivity index (χ1v) is 8.68. The van der Waals surface area contributed by atoms with Crippen molar-refractivity contribution >= 4 is 16.8 Å². The van der Waals surface area contributed by atoms with Gasteiger partial charge in [-0.15, -0.1) is 0 Å². The lowest BCUT2D eigenvalue weighted by atomic mass is 10.2. The fraction of sp³-hybridized carbons (Fsp3) is 0.158. The van der Waals surface area contributed by atoms with Crippen LogP contribution in [0, 0.1) is 0 Å². The minimum absolute atomic E-state index is 0.203. The lowest BCUT2D eigenvalue weighted by molar-refractivity contribution is -0.143. The van der Waals surface area contributed by atoms with Gasteiger partial charge in [-0.05, 0) is 41.4 Å². The first kappa shape index (κ1) is 20.7. The van der Waals surface area contributed by atoms with Crippen LogP contribution in [-0.4, -0.2) is 21.8 Å². The highest BCUT2D eigenvalue weighted by atomic mass is 35.5. The number of aromatic nitrogens is 2. The maximum atomic E-state index is 12.9. The van der Waals surface area contributed by atoms with Gasteiger partial charge in [-0.3, -0.25) is 4.79 Å². The summed E-state index contributed by atoms with van der Waals surface area (Å²) in [5.74, 6) is 1.61. The van der Waals surface area contributed by atoms with Crippen molar-refractivity contribution < 1.29 is 27.4 Å². The molecular formula is C19H15ClF3N3O3. The van der Waals surface area contributed by atoms with Gasteiger partial charge in [0, 0.05) is 6.54 Å². The van der Waals surface area contributed by atoms with Crippen LogP contribution in [0.4, 0.5) is 13.2 Å². The fourth-order valence-electron chi connectivity index (χ4n) is 2.60. The van der Waals surface area contributed by atoms with Gasteiger partial charge in [-0.2, -0.15) is 18.3 Å². The summed E-state index contributed by atoms with van der Waals surface area (Å²) < 4.78 is 49.7. The molecule has 29 heavy (non-hydrogen) atoms. The quantitative estimate of drug-likeness (QED) is 0.638. The van der Waals surface area contributed by atoms with Gasteiger partial charge in [0.15, 0.2) is 17.2 Å². The van der Waals surface area contributed by atoms with Crippen LogP contribution in [-0.2, 0) is 12.7 Å². The van der Waals surface area contributed by atoms with Crippen LogP contribution in [0.5, 0.6) is 11.5 Å². The molecule has 10 heteroatoms. The summed E-state index contributed by atoms with van der Waals surface area (Å²) >= 11 is 5.12. The van der Waals surface area contributed by atoms with Gasteiger partial charge < -0.3 is 15.2 Å². The third-order valence-electron chi connectivity index (χ3n) is 3.92. The number of hydrogen-bond donors (Lipinski definition) is 1. The summed E-state index contributed by atoms with van der Waals surface area (Å²) in [6.07, 6.45) is -3.91. The van der Waals surface area contributed by atoms with Gasteiger partial charge in [-0.25, -0.2) is 4.68 Å². The number of carbonyl (C=O) groups is 1. The fourth-order valence-corrected chi connectivity index (χ4v) is 2.74. The maximum absolute atomic E-state index is 12.9. The number of para-hydroxylation sites is 1. The van der Waals surface area contributed by atoms with Gasteiger partial charge in [0.2, 0.25) is 6.79 Å². The summed E-state index contributed by atoms with van der Waals surface area (Å²) in [6.45, 7) is 0.861. The predicted molar refractivity (Wildman–Crippen MR) is 99.2 cm³/mol. The Balaban J connectivity index is 0.000000186. The Kier molecular flexibility index (Phi) is 6.09. The number of fused-ring (bicyclic) bond motifs is 1. The molecule has 0 spiro atoms. The van der Waals surface area contributed by atoms with Crippen LogP contribution in [0.2, 0.25) is 0 Å². The van der Waals surface area contributed by atoms with E-state index in [4.69, 9.17) is 26.8 Å². The van der Waals surface area contributed by atoms with Crippen LogP contribution in [0.25, 0.3) is 5.69 Å². The third kappa shape index (κ3) is 4.69. The smallest absolute Gasteiger partial charge is 0.434 e. The van der Waals surface area contributed by atoms with E-state index in [0.29, 0.717) is 18.0 Å². The second-order valence-corrected chi connectivity index (χ2v) is 6.16. The third-order valence-corrected chi connectivity index (χ3v) is 4.13. The van der Waals surface area contributed by atoms with Crippen LogP contribution in [0.15, 0.2) is 54.7 Å². The topological polar surface area (TPSA) is 79.4 Å².